The minimum atomic E-state index is -0.138. The number of nitrogens with one attached hydrogen (secondary N) is 1. The molecule has 0 bridgehead atoms. The summed E-state index contributed by atoms with van der Waals surface area (Å²) >= 11 is 3.30. The zero-order valence-electron chi connectivity index (χ0n) is 11.2. The molecule has 5 heteroatoms. The monoisotopic (exact) mass is 321 g/mol. The van der Waals surface area contributed by atoms with Gasteiger partial charge in [-0.25, -0.2) is 4.98 Å². The first-order valence-electron chi connectivity index (χ1n) is 6.25. The number of nitrogens with zero attached hydrogens (tertiary/aromatic N) is 2. The van der Waals surface area contributed by atoms with Crippen molar-refractivity contribution < 1.29 is 0 Å². The minimum absolute atomic E-state index is 0.138. The van der Waals surface area contributed by atoms with Crippen LogP contribution < -0.4 is 5.56 Å². The highest BCUT2D eigenvalue weighted by Crippen LogP contribution is 2.19. The largest absolute Gasteiger partial charge is 0.306 e. The third kappa shape index (κ3) is 3.10. The van der Waals surface area contributed by atoms with Gasteiger partial charge >= 0.3 is 0 Å². The predicted octanol–water partition coefficient (Wildman–Crippen LogP) is 3.16. The van der Waals surface area contributed by atoms with E-state index >= 15 is 0 Å². The lowest BCUT2D eigenvalue weighted by Gasteiger charge is -2.07. The second kappa shape index (κ2) is 5.65. The molecular weight excluding hydrogens is 306 g/mol. The van der Waals surface area contributed by atoms with E-state index in [4.69, 9.17) is 0 Å². The van der Waals surface area contributed by atoms with E-state index in [1.165, 1.54) is 0 Å². The summed E-state index contributed by atoms with van der Waals surface area (Å²) in [4.78, 5) is 23.6. The molecule has 0 fully saturated rings. The van der Waals surface area contributed by atoms with Gasteiger partial charge in [0.25, 0.3) is 5.56 Å². The quantitative estimate of drug-likeness (QED) is 0.944. The number of aryl methyl sites for hydroxylation is 3. The van der Waals surface area contributed by atoms with E-state index < -0.39 is 0 Å². The third-order valence-corrected chi connectivity index (χ3v) is 3.59. The summed E-state index contributed by atoms with van der Waals surface area (Å²) in [5.41, 5.74) is 3.39. The van der Waals surface area contributed by atoms with Crippen molar-refractivity contribution in [3.63, 3.8) is 0 Å². The van der Waals surface area contributed by atoms with Crippen molar-refractivity contribution in [3.8, 4) is 11.4 Å². The molecule has 0 aliphatic rings. The highest BCUT2D eigenvalue weighted by molar-refractivity contribution is 9.10. The second-order valence-corrected chi connectivity index (χ2v) is 5.36. The Morgan fingerprint density at radius 2 is 1.84 bits per heavy atom. The van der Waals surface area contributed by atoms with Crippen molar-refractivity contribution in [2.45, 2.75) is 33.6 Å². The molecule has 100 valence electrons. The Kier molecular flexibility index (Phi) is 4.14. The van der Waals surface area contributed by atoms with Crippen LogP contribution in [0.3, 0.4) is 0 Å². The molecule has 2 aromatic heterocycles. The fourth-order valence-corrected chi connectivity index (χ4v) is 2.40. The van der Waals surface area contributed by atoms with Gasteiger partial charge < -0.3 is 4.98 Å². The Bertz CT molecular complexity index is 644. The normalized spacial score (nSPS) is 10.7. The van der Waals surface area contributed by atoms with E-state index in [1.54, 1.807) is 0 Å². The first kappa shape index (κ1) is 13.9. The molecule has 2 rings (SSSR count). The van der Waals surface area contributed by atoms with Crippen molar-refractivity contribution in [2.75, 3.05) is 0 Å². The third-order valence-electron chi connectivity index (χ3n) is 2.77. The van der Waals surface area contributed by atoms with Gasteiger partial charge in [-0.1, -0.05) is 13.3 Å². The lowest BCUT2D eigenvalue weighted by molar-refractivity contribution is 0.860. The van der Waals surface area contributed by atoms with Crippen LogP contribution >= 0.6 is 15.9 Å². The van der Waals surface area contributed by atoms with Crippen LogP contribution in [0, 0.1) is 13.8 Å². The molecule has 0 saturated heterocycles. The molecule has 0 aromatic carbocycles. The molecule has 2 heterocycles. The smallest absolute Gasteiger partial charge is 0.265 e. The van der Waals surface area contributed by atoms with Gasteiger partial charge in [0.2, 0.25) is 0 Å². The predicted molar refractivity (Wildman–Crippen MR) is 79.3 cm³/mol. The molecular formula is C14H16BrN3O. The van der Waals surface area contributed by atoms with E-state index in [0.717, 1.165) is 35.5 Å². The second-order valence-electron chi connectivity index (χ2n) is 4.56. The number of hydrogen-bond acceptors (Lipinski definition) is 3. The Hall–Kier alpha value is -1.49. The first-order chi connectivity index (χ1) is 9.01. The first-order valence-corrected chi connectivity index (χ1v) is 7.05. The number of aromatic nitrogens is 3. The van der Waals surface area contributed by atoms with Crippen LogP contribution in [0.25, 0.3) is 11.4 Å². The molecule has 4 nitrogen and oxygen atoms in total. The van der Waals surface area contributed by atoms with E-state index in [-0.39, 0.29) is 5.56 Å². The summed E-state index contributed by atoms with van der Waals surface area (Å²) in [6.45, 7) is 5.93. The number of aromatic amines is 1. The maximum Gasteiger partial charge on any atom is 0.265 e. The molecule has 0 aliphatic heterocycles. The van der Waals surface area contributed by atoms with Crippen LogP contribution in [-0.2, 0) is 6.42 Å². The average molecular weight is 322 g/mol. The molecule has 2 aromatic rings. The lowest BCUT2D eigenvalue weighted by Crippen LogP contribution is -2.13. The molecule has 0 radical (unpaired) electrons. The number of rotatable bonds is 3. The van der Waals surface area contributed by atoms with Gasteiger partial charge in [-0.05, 0) is 48.3 Å². The number of pyridine rings is 1. The molecule has 19 heavy (non-hydrogen) atoms. The van der Waals surface area contributed by atoms with Gasteiger partial charge in [0.05, 0.1) is 5.69 Å². The van der Waals surface area contributed by atoms with Gasteiger partial charge in [0.1, 0.15) is 10.3 Å². The zero-order valence-corrected chi connectivity index (χ0v) is 12.8. The number of halogens is 1. The molecule has 0 aliphatic carbocycles. The molecule has 0 amide bonds. The molecule has 0 atom stereocenters. The Morgan fingerprint density at radius 3 is 2.42 bits per heavy atom. The van der Waals surface area contributed by atoms with Crippen molar-refractivity contribution in [1.29, 1.82) is 0 Å². The van der Waals surface area contributed by atoms with E-state index in [1.807, 2.05) is 26.0 Å². The fourth-order valence-electron chi connectivity index (χ4n) is 2.02. The van der Waals surface area contributed by atoms with Gasteiger partial charge in [0, 0.05) is 17.0 Å². The fraction of sp³-hybridized carbons (Fsp3) is 0.357. The maximum atomic E-state index is 11.9. The standard InChI is InChI=1S/C14H16BrN3O/c1-4-5-11-12(15)14(19)18-13(17-11)10-6-8(2)16-9(3)7-10/h6-7H,4-5H2,1-3H3,(H,17,18,19). The van der Waals surface area contributed by atoms with Crippen LogP contribution in [-0.4, -0.2) is 15.0 Å². The summed E-state index contributed by atoms with van der Waals surface area (Å²) in [5.74, 6) is 0.602. The topological polar surface area (TPSA) is 58.6 Å². The lowest BCUT2D eigenvalue weighted by atomic mass is 10.1. The van der Waals surface area contributed by atoms with Crippen molar-refractivity contribution in [2.24, 2.45) is 0 Å². The molecule has 0 saturated carbocycles. The van der Waals surface area contributed by atoms with Crippen LogP contribution in [0.1, 0.15) is 30.4 Å². The summed E-state index contributed by atoms with van der Waals surface area (Å²) in [7, 11) is 0. The van der Waals surface area contributed by atoms with E-state index in [2.05, 4.69) is 37.8 Å². The Labute approximate surface area is 120 Å². The van der Waals surface area contributed by atoms with Gasteiger partial charge in [-0.3, -0.25) is 9.78 Å². The molecule has 0 unspecified atom stereocenters. The SMILES string of the molecule is CCCc1nc(-c2cc(C)nc(C)c2)[nH]c(=O)c1Br. The van der Waals surface area contributed by atoms with Gasteiger partial charge in [-0.2, -0.15) is 0 Å². The van der Waals surface area contributed by atoms with Crippen LogP contribution in [0.15, 0.2) is 21.4 Å². The van der Waals surface area contributed by atoms with Crippen LogP contribution in [0.2, 0.25) is 0 Å². The van der Waals surface area contributed by atoms with Gasteiger partial charge in [0.15, 0.2) is 0 Å². The van der Waals surface area contributed by atoms with Crippen LogP contribution in [0.5, 0.6) is 0 Å². The molecule has 0 spiro atoms. The van der Waals surface area contributed by atoms with E-state index in [0.29, 0.717) is 10.3 Å². The highest BCUT2D eigenvalue weighted by atomic mass is 79.9. The van der Waals surface area contributed by atoms with E-state index in [9.17, 15) is 4.79 Å². The average Bonchev–Trinajstić information content (AvgIpc) is 2.33. The van der Waals surface area contributed by atoms with Crippen molar-refractivity contribution in [1.82, 2.24) is 15.0 Å². The van der Waals surface area contributed by atoms with Crippen LogP contribution in [0.4, 0.5) is 0 Å². The zero-order chi connectivity index (χ0) is 14.0. The Morgan fingerprint density at radius 1 is 1.21 bits per heavy atom. The number of hydrogen-bond donors (Lipinski definition) is 1. The minimum Gasteiger partial charge on any atom is -0.306 e. The van der Waals surface area contributed by atoms with Crippen molar-refractivity contribution >= 4 is 15.9 Å². The maximum absolute atomic E-state index is 11.9. The molecule has 1 N–H and O–H groups in total. The summed E-state index contributed by atoms with van der Waals surface area (Å²) in [6, 6.07) is 3.85. The highest BCUT2D eigenvalue weighted by Gasteiger charge is 2.10. The number of H-pyrrole nitrogens is 1. The summed E-state index contributed by atoms with van der Waals surface area (Å²) < 4.78 is 0.528. The summed E-state index contributed by atoms with van der Waals surface area (Å²) in [5, 5.41) is 0. The Balaban J connectivity index is 2.59. The van der Waals surface area contributed by atoms with Gasteiger partial charge in [-0.15, -0.1) is 0 Å². The summed E-state index contributed by atoms with van der Waals surface area (Å²) in [6.07, 6.45) is 1.73. The van der Waals surface area contributed by atoms with Crippen molar-refractivity contribution in [3.05, 3.63) is 44.0 Å².